The molecule has 2 heteroatoms. The molecule has 2 nitrogen and oxygen atoms in total. The monoisotopic (exact) mass is 173 g/mol. The summed E-state index contributed by atoms with van der Waals surface area (Å²) in [5.74, 6) is 1.19. The van der Waals surface area contributed by atoms with E-state index < -0.39 is 0 Å². The van der Waals surface area contributed by atoms with Crippen molar-refractivity contribution in [3.05, 3.63) is 0 Å². The molecule has 3 atom stereocenters. The molecule has 0 aliphatic heterocycles. The minimum absolute atomic E-state index is 0.324. The van der Waals surface area contributed by atoms with Gasteiger partial charge in [-0.1, -0.05) is 27.2 Å². The van der Waals surface area contributed by atoms with E-state index in [4.69, 9.17) is 10.5 Å². The molecular formula is C10H23NO. The fourth-order valence-corrected chi connectivity index (χ4v) is 1.33. The molecule has 0 heterocycles. The minimum atomic E-state index is 0.324. The zero-order valence-electron chi connectivity index (χ0n) is 8.84. The fraction of sp³-hybridized carbons (Fsp3) is 1.00. The highest BCUT2D eigenvalue weighted by atomic mass is 16.5. The number of rotatable bonds is 6. The van der Waals surface area contributed by atoms with Gasteiger partial charge in [0.15, 0.2) is 0 Å². The van der Waals surface area contributed by atoms with Crippen LogP contribution in [-0.4, -0.2) is 19.8 Å². The van der Waals surface area contributed by atoms with E-state index in [1.165, 1.54) is 6.42 Å². The largest absolute Gasteiger partial charge is 0.385 e. The van der Waals surface area contributed by atoms with Crippen LogP contribution in [0.4, 0.5) is 0 Å². The third-order valence-electron chi connectivity index (χ3n) is 2.74. The lowest BCUT2D eigenvalue weighted by molar-refractivity contribution is 0.167. The van der Waals surface area contributed by atoms with Gasteiger partial charge in [-0.2, -0.15) is 0 Å². The maximum Gasteiger partial charge on any atom is 0.0465 e. The van der Waals surface area contributed by atoms with Gasteiger partial charge < -0.3 is 10.5 Å². The summed E-state index contributed by atoms with van der Waals surface area (Å²) in [6.07, 6.45) is 2.24. The Kier molecular flexibility index (Phi) is 6.39. The van der Waals surface area contributed by atoms with Gasteiger partial charge in [0.05, 0.1) is 0 Å². The third kappa shape index (κ3) is 4.07. The van der Waals surface area contributed by atoms with Crippen LogP contribution >= 0.6 is 0 Å². The Morgan fingerprint density at radius 3 is 2.25 bits per heavy atom. The van der Waals surface area contributed by atoms with Crippen LogP contribution in [0.3, 0.4) is 0 Å². The molecular weight excluding hydrogens is 150 g/mol. The van der Waals surface area contributed by atoms with E-state index in [2.05, 4.69) is 20.8 Å². The topological polar surface area (TPSA) is 35.2 Å². The summed E-state index contributed by atoms with van der Waals surface area (Å²) in [4.78, 5) is 0. The highest BCUT2D eigenvalue weighted by Crippen LogP contribution is 2.16. The summed E-state index contributed by atoms with van der Waals surface area (Å²) in [6.45, 7) is 7.43. The minimum Gasteiger partial charge on any atom is -0.385 e. The van der Waals surface area contributed by atoms with Crippen LogP contribution in [0.5, 0.6) is 0 Å². The number of nitrogens with two attached hydrogens (primary N) is 1. The summed E-state index contributed by atoms with van der Waals surface area (Å²) in [7, 11) is 1.74. The molecule has 3 unspecified atom stereocenters. The number of ether oxygens (including phenoxy) is 1. The first-order valence-electron chi connectivity index (χ1n) is 4.88. The second-order valence-corrected chi connectivity index (χ2v) is 3.72. The Labute approximate surface area is 76.5 Å². The third-order valence-corrected chi connectivity index (χ3v) is 2.74. The molecule has 0 aliphatic carbocycles. The van der Waals surface area contributed by atoms with Gasteiger partial charge in [-0.05, 0) is 18.3 Å². The van der Waals surface area contributed by atoms with E-state index in [1.54, 1.807) is 7.11 Å². The van der Waals surface area contributed by atoms with E-state index in [0.29, 0.717) is 17.9 Å². The molecule has 2 N–H and O–H groups in total. The first-order chi connectivity index (χ1) is 5.63. The van der Waals surface area contributed by atoms with Crippen molar-refractivity contribution in [1.82, 2.24) is 0 Å². The van der Waals surface area contributed by atoms with Crippen molar-refractivity contribution in [2.24, 2.45) is 17.6 Å². The molecule has 74 valence electrons. The van der Waals surface area contributed by atoms with E-state index >= 15 is 0 Å². The second-order valence-electron chi connectivity index (χ2n) is 3.72. The predicted molar refractivity (Wildman–Crippen MR) is 53.1 cm³/mol. The standard InChI is InChI=1S/C10H23NO/c1-5-8(2)10(11)9(3)6-7-12-4/h8-10H,5-7,11H2,1-4H3. The number of hydrogen-bond donors (Lipinski definition) is 1. The highest BCUT2D eigenvalue weighted by Gasteiger charge is 2.17. The Morgan fingerprint density at radius 1 is 1.25 bits per heavy atom. The van der Waals surface area contributed by atoms with Crippen molar-refractivity contribution in [2.45, 2.75) is 39.7 Å². The Morgan fingerprint density at radius 2 is 1.83 bits per heavy atom. The molecule has 0 rings (SSSR count). The molecule has 0 aromatic rings. The summed E-state index contributed by atoms with van der Waals surface area (Å²) in [5.41, 5.74) is 6.06. The summed E-state index contributed by atoms with van der Waals surface area (Å²) in [5, 5.41) is 0. The lowest BCUT2D eigenvalue weighted by Gasteiger charge is -2.24. The van der Waals surface area contributed by atoms with E-state index in [0.717, 1.165) is 13.0 Å². The van der Waals surface area contributed by atoms with Gasteiger partial charge in [0.1, 0.15) is 0 Å². The summed E-state index contributed by atoms with van der Waals surface area (Å²) >= 11 is 0. The lowest BCUT2D eigenvalue weighted by atomic mass is 9.88. The molecule has 12 heavy (non-hydrogen) atoms. The quantitative estimate of drug-likeness (QED) is 0.667. The second kappa shape index (κ2) is 6.44. The lowest BCUT2D eigenvalue weighted by Crippen LogP contribution is -2.35. The Balaban J connectivity index is 3.67. The van der Waals surface area contributed by atoms with Crippen LogP contribution in [0.1, 0.15) is 33.6 Å². The molecule has 0 radical (unpaired) electrons. The van der Waals surface area contributed by atoms with Crippen molar-refractivity contribution >= 4 is 0 Å². The maximum absolute atomic E-state index is 6.06. The van der Waals surface area contributed by atoms with E-state index in [-0.39, 0.29) is 0 Å². The summed E-state index contributed by atoms with van der Waals surface area (Å²) < 4.78 is 5.02. The highest BCUT2D eigenvalue weighted by molar-refractivity contribution is 4.73. The zero-order valence-corrected chi connectivity index (χ0v) is 8.84. The van der Waals surface area contributed by atoms with E-state index in [9.17, 15) is 0 Å². The van der Waals surface area contributed by atoms with Gasteiger partial charge in [0.25, 0.3) is 0 Å². The van der Waals surface area contributed by atoms with Gasteiger partial charge in [-0.25, -0.2) is 0 Å². The van der Waals surface area contributed by atoms with Gasteiger partial charge in [-0.15, -0.1) is 0 Å². The van der Waals surface area contributed by atoms with Crippen molar-refractivity contribution < 1.29 is 4.74 Å². The number of methoxy groups -OCH3 is 1. The zero-order chi connectivity index (χ0) is 9.56. The molecule has 0 spiro atoms. The summed E-state index contributed by atoms with van der Waals surface area (Å²) in [6, 6.07) is 0.324. The Bertz CT molecular complexity index is 106. The average Bonchev–Trinajstić information content (AvgIpc) is 2.11. The molecule has 0 aromatic heterocycles. The van der Waals surface area contributed by atoms with Crippen molar-refractivity contribution in [2.75, 3.05) is 13.7 Å². The average molecular weight is 173 g/mol. The first-order valence-corrected chi connectivity index (χ1v) is 4.88. The molecule has 0 bridgehead atoms. The number of hydrogen-bond acceptors (Lipinski definition) is 2. The van der Waals surface area contributed by atoms with Gasteiger partial charge in [-0.3, -0.25) is 0 Å². The van der Waals surface area contributed by atoms with Crippen LogP contribution in [0.15, 0.2) is 0 Å². The molecule has 0 saturated heterocycles. The van der Waals surface area contributed by atoms with Crippen LogP contribution in [0.25, 0.3) is 0 Å². The molecule has 0 aliphatic rings. The van der Waals surface area contributed by atoms with Gasteiger partial charge in [0, 0.05) is 19.8 Å². The fourth-order valence-electron chi connectivity index (χ4n) is 1.33. The normalized spacial score (nSPS) is 18.8. The van der Waals surface area contributed by atoms with Crippen molar-refractivity contribution in [3.8, 4) is 0 Å². The molecule has 0 aromatic carbocycles. The van der Waals surface area contributed by atoms with E-state index in [1.807, 2.05) is 0 Å². The van der Waals surface area contributed by atoms with Crippen LogP contribution in [-0.2, 0) is 4.74 Å². The Hall–Kier alpha value is -0.0800. The smallest absolute Gasteiger partial charge is 0.0465 e. The van der Waals surface area contributed by atoms with Crippen molar-refractivity contribution in [3.63, 3.8) is 0 Å². The molecule has 0 saturated carbocycles. The van der Waals surface area contributed by atoms with Gasteiger partial charge in [0.2, 0.25) is 0 Å². The van der Waals surface area contributed by atoms with Crippen molar-refractivity contribution in [1.29, 1.82) is 0 Å². The maximum atomic E-state index is 6.06. The van der Waals surface area contributed by atoms with Crippen LogP contribution < -0.4 is 5.73 Å². The first kappa shape index (κ1) is 11.9. The molecule has 0 amide bonds. The van der Waals surface area contributed by atoms with Crippen LogP contribution in [0.2, 0.25) is 0 Å². The van der Waals surface area contributed by atoms with Crippen LogP contribution in [0, 0.1) is 11.8 Å². The SMILES string of the molecule is CCC(C)C(N)C(C)CCOC. The molecule has 0 fully saturated rings. The predicted octanol–water partition coefficient (Wildman–Crippen LogP) is 2.03. The van der Waals surface area contributed by atoms with Gasteiger partial charge >= 0.3 is 0 Å².